The van der Waals surface area contributed by atoms with Crippen molar-refractivity contribution in [2.75, 3.05) is 33.2 Å². The van der Waals surface area contributed by atoms with Crippen molar-refractivity contribution in [3.63, 3.8) is 0 Å². The second kappa shape index (κ2) is 9.47. The Morgan fingerprint density at radius 2 is 1.90 bits per heavy atom. The minimum Gasteiger partial charge on any atom is -0.357 e. The van der Waals surface area contributed by atoms with Crippen LogP contribution in [0, 0.1) is 6.92 Å². The number of aromatic nitrogens is 2. The molecule has 0 spiro atoms. The first-order valence-electron chi connectivity index (χ1n) is 9.80. The number of hydrogen-bond acceptors (Lipinski definition) is 5. The maximum absolute atomic E-state index is 12.9. The van der Waals surface area contributed by atoms with Crippen LogP contribution < -0.4 is 10.9 Å². The summed E-state index contributed by atoms with van der Waals surface area (Å²) in [6, 6.07) is 12.6. The molecular formula is C21H27N5O3. The first-order valence-corrected chi connectivity index (χ1v) is 9.80. The molecule has 1 saturated heterocycles. The van der Waals surface area contributed by atoms with Crippen molar-refractivity contribution >= 4 is 11.8 Å². The van der Waals surface area contributed by atoms with Gasteiger partial charge in [0.15, 0.2) is 0 Å². The van der Waals surface area contributed by atoms with Crippen LogP contribution in [0.2, 0.25) is 0 Å². The molecule has 1 aromatic carbocycles. The normalized spacial score (nSPS) is 17.2. The van der Waals surface area contributed by atoms with Crippen molar-refractivity contribution in [1.29, 1.82) is 0 Å². The van der Waals surface area contributed by atoms with Gasteiger partial charge in [-0.25, -0.2) is 4.68 Å². The van der Waals surface area contributed by atoms with Crippen molar-refractivity contribution < 1.29 is 9.59 Å². The highest BCUT2D eigenvalue weighted by molar-refractivity contribution is 5.87. The zero-order valence-electron chi connectivity index (χ0n) is 16.9. The first kappa shape index (κ1) is 20.7. The Morgan fingerprint density at radius 1 is 1.14 bits per heavy atom. The Labute approximate surface area is 170 Å². The van der Waals surface area contributed by atoms with E-state index >= 15 is 0 Å². The third-order valence-corrected chi connectivity index (χ3v) is 5.18. The molecule has 1 aromatic heterocycles. The molecule has 154 valence electrons. The Kier molecular flexibility index (Phi) is 6.77. The number of hydrogen-bond donors (Lipinski definition) is 1. The van der Waals surface area contributed by atoms with Crippen LogP contribution in [0.5, 0.6) is 0 Å². The van der Waals surface area contributed by atoms with E-state index in [0.29, 0.717) is 25.3 Å². The Hall–Kier alpha value is -3.00. The van der Waals surface area contributed by atoms with Gasteiger partial charge in [0.1, 0.15) is 12.6 Å². The monoisotopic (exact) mass is 397 g/mol. The minimum absolute atomic E-state index is 0.169. The third-order valence-electron chi connectivity index (χ3n) is 5.18. The highest BCUT2D eigenvalue weighted by Gasteiger charge is 2.34. The van der Waals surface area contributed by atoms with Gasteiger partial charge in [0, 0.05) is 39.3 Å². The molecule has 1 aliphatic heterocycles. The van der Waals surface area contributed by atoms with E-state index in [2.05, 4.69) is 27.4 Å². The smallest absolute Gasteiger partial charge is 0.267 e. The van der Waals surface area contributed by atoms with Gasteiger partial charge < -0.3 is 10.2 Å². The largest absolute Gasteiger partial charge is 0.357 e. The maximum atomic E-state index is 12.9. The van der Waals surface area contributed by atoms with E-state index < -0.39 is 6.04 Å². The van der Waals surface area contributed by atoms with Crippen LogP contribution >= 0.6 is 0 Å². The lowest BCUT2D eigenvalue weighted by molar-refractivity contribution is -0.144. The summed E-state index contributed by atoms with van der Waals surface area (Å²) in [4.78, 5) is 41.1. The summed E-state index contributed by atoms with van der Waals surface area (Å²) in [5.74, 6) is -0.478. The zero-order valence-corrected chi connectivity index (χ0v) is 16.9. The molecule has 0 radical (unpaired) electrons. The predicted molar refractivity (Wildman–Crippen MR) is 109 cm³/mol. The van der Waals surface area contributed by atoms with Gasteiger partial charge in [0.2, 0.25) is 11.8 Å². The van der Waals surface area contributed by atoms with Gasteiger partial charge in [-0.1, -0.05) is 30.3 Å². The molecule has 1 aliphatic rings. The van der Waals surface area contributed by atoms with Crippen LogP contribution in [0.1, 0.15) is 11.3 Å². The van der Waals surface area contributed by atoms with Crippen molar-refractivity contribution in [3.05, 3.63) is 64.1 Å². The molecule has 3 rings (SSSR count). The summed E-state index contributed by atoms with van der Waals surface area (Å²) < 4.78 is 1.15. The van der Waals surface area contributed by atoms with Crippen molar-refractivity contribution in [2.45, 2.75) is 25.9 Å². The fourth-order valence-corrected chi connectivity index (χ4v) is 3.55. The lowest BCUT2D eigenvalue weighted by Crippen LogP contribution is -2.61. The molecule has 29 heavy (non-hydrogen) atoms. The van der Waals surface area contributed by atoms with E-state index in [1.807, 2.05) is 18.2 Å². The third kappa shape index (κ3) is 5.29. The Balaban J connectivity index is 1.67. The van der Waals surface area contributed by atoms with Crippen molar-refractivity contribution in [3.8, 4) is 0 Å². The number of aryl methyl sites for hydroxylation is 1. The molecule has 1 fully saturated rings. The van der Waals surface area contributed by atoms with Gasteiger partial charge in [-0.05, 0) is 25.0 Å². The summed E-state index contributed by atoms with van der Waals surface area (Å²) in [7, 11) is 1.57. The average Bonchev–Trinajstić information content (AvgIpc) is 2.74. The number of piperazine rings is 1. The molecule has 1 N–H and O–H groups in total. The molecule has 2 amide bonds. The molecule has 0 aliphatic carbocycles. The minimum atomic E-state index is -0.586. The number of carbonyl (C=O) groups is 2. The highest BCUT2D eigenvalue weighted by Crippen LogP contribution is 2.12. The first-order chi connectivity index (χ1) is 14.0. The van der Waals surface area contributed by atoms with Crippen LogP contribution in [-0.2, 0) is 22.6 Å². The van der Waals surface area contributed by atoms with Gasteiger partial charge in [-0.3, -0.25) is 19.3 Å². The van der Waals surface area contributed by atoms with Crippen LogP contribution in [0.15, 0.2) is 47.3 Å². The maximum Gasteiger partial charge on any atom is 0.267 e. The molecule has 1 atom stereocenters. The lowest BCUT2D eigenvalue weighted by atomic mass is 10.1. The van der Waals surface area contributed by atoms with Gasteiger partial charge in [0.05, 0.1) is 5.69 Å². The molecular weight excluding hydrogens is 370 g/mol. The van der Waals surface area contributed by atoms with E-state index in [1.54, 1.807) is 24.9 Å². The van der Waals surface area contributed by atoms with E-state index in [-0.39, 0.29) is 23.9 Å². The summed E-state index contributed by atoms with van der Waals surface area (Å²) in [5.41, 5.74) is 1.57. The number of likely N-dealkylation sites (N-methyl/N-ethyl adjacent to an activating group) is 1. The standard InChI is InChI=1S/C21H27N5O3/c1-16-8-9-19(27)26(23-16)15-20(28)25-13-12-24(14-18(25)21(29)22-2)11-10-17-6-4-3-5-7-17/h3-9,18H,10-15H2,1-2H3,(H,22,29). The van der Waals surface area contributed by atoms with Crippen molar-refractivity contribution in [2.24, 2.45) is 0 Å². The lowest BCUT2D eigenvalue weighted by Gasteiger charge is -2.40. The van der Waals surface area contributed by atoms with Gasteiger partial charge in [-0.2, -0.15) is 5.10 Å². The molecule has 2 aromatic rings. The number of amides is 2. The second-order valence-electron chi connectivity index (χ2n) is 7.22. The topological polar surface area (TPSA) is 87.5 Å². The molecule has 0 bridgehead atoms. The van der Waals surface area contributed by atoms with Crippen LogP contribution in [-0.4, -0.2) is 70.7 Å². The average molecular weight is 397 g/mol. The Bertz CT molecular complexity index is 912. The molecule has 0 saturated carbocycles. The fourth-order valence-electron chi connectivity index (χ4n) is 3.55. The highest BCUT2D eigenvalue weighted by atomic mass is 16.2. The van der Waals surface area contributed by atoms with Gasteiger partial charge in [-0.15, -0.1) is 0 Å². The number of benzene rings is 1. The van der Waals surface area contributed by atoms with Crippen molar-refractivity contribution in [1.82, 2.24) is 24.9 Å². The fraction of sp³-hybridized carbons (Fsp3) is 0.429. The van der Waals surface area contributed by atoms with E-state index in [1.165, 1.54) is 11.6 Å². The molecule has 8 heteroatoms. The number of nitrogens with one attached hydrogen (secondary N) is 1. The summed E-state index contributed by atoms with van der Waals surface area (Å²) in [6.45, 7) is 4.00. The zero-order chi connectivity index (χ0) is 20.8. The Morgan fingerprint density at radius 3 is 2.62 bits per heavy atom. The van der Waals surface area contributed by atoms with E-state index in [9.17, 15) is 14.4 Å². The van der Waals surface area contributed by atoms with Gasteiger partial charge in [0.25, 0.3) is 5.56 Å². The number of nitrogens with zero attached hydrogens (tertiary/aromatic N) is 4. The number of carbonyl (C=O) groups excluding carboxylic acids is 2. The summed E-state index contributed by atoms with van der Waals surface area (Å²) >= 11 is 0. The second-order valence-corrected chi connectivity index (χ2v) is 7.22. The van der Waals surface area contributed by atoms with Gasteiger partial charge >= 0.3 is 0 Å². The summed E-state index contributed by atoms with van der Waals surface area (Å²) in [5, 5.41) is 6.78. The molecule has 1 unspecified atom stereocenters. The molecule has 2 heterocycles. The van der Waals surface area contributed by atoms with Crippen LogP contribution in [0.3, 0.4) is 0 Å². The SMILES string of the molecule is CNC(=O)C1CN(CCc2ccccc2)CCN1C(=O)Cn1nc(C)ccc1=O. The van der Waals surface area contributed by atoms with E-state index in [0.717, 1.165) is 17.6 Å². The van der Waals surface area contributed by atoms with E-state index in [4.69, 9.17) is 0 Å². The van der Waals surface area contributed by atoms with Crippen LogP contribution in [0.25, 0.3) is 0 Å². The van der Waals surface area contributed by atoms with Crippen LogP contribution in [0.4, 0.5) is 0 Å². The molecule has 8 nitrogen and oxygen atoms in total. The predicted octanol–water partition coefficient (Wildman–Crippen LogP) is 0.0532. The number of rotatable bonds is 6. The summed E-state index contributed by atoms with van der Waals surface area (Å²) in [6.07, 6.45) is 0.887. The quantitative estimate of drug-likeness (QED) is 0.745.